The van der Waals surface area contributed by atoms with Crippen LogP contribution in [0.5, 0.6) is 0 Å². The lowest BCUT2D eigenvalue weighted by atomic mass is 10.2. The Morgan fingerprint density at radius 1 is 1.30 bits per heavy atom. The molecule has 0 aliphatic carbocycles. The maximum atomic E-state index is 12.3. The highest BCUT2D eigenvalue weighted by Crippen LogP contribution is 2.28. The molecule has 3 rings (SSSR count). The second-order valence-electron chi connectivity index (χ2n) is 5.28. The molecular weight excluding hydrogens is 254 g/mol. The topological polar surface area (TPSA) is 53.6 Å². The number of hydrogen-bond donors (Lipinski definition) is 2. The summed E-state index contributed by atoms with van der Waals surface area (Å²) in [6.45, 7) is 3.98. The van der Waals surface area contributed by atoms with Crippen LogP contribution in [-0.4, -0.2) is 44.8 Å². The number of ether oxygens (including phenoxy) is 1. The van der Waals surface area contributed by atoms with Gasteiger partial charge in [0.1, 0.15) is 6.04 Å². The first-order valence-corrected chi connectivity index (χ1v) is 7.30. The Morgan fingerprint density at radius 2 is 2.10 bits per heavy atom. The van der Waals surface area contributed by atoms with Crippen molar-refractivity contribution < 1.29 is 9.53 Å². The molecule has 0 saturated carbocycles. The lowest BCUT2D eigenvalue weighted by Crippen LogP contribution is -2.48. The molecule has 5 heteroatoms. The van der Waals surface area contributed by atoms with Gasteiger partial charge in [-0.2, -0.15) is 0 Å². The normalized spacial score (nSPS) is 22.8. The zero-order valence-corrected chi connectivity index (χ0v) is 11.6. The molecule has 0 spiro atoms. The number of carbonyl (C=O) groups excluding carboxylic acids is 1. The average molecular weight is 275 g/mol. The second-order valence-corrected chi connectivity index (χ2v) is 5.28. The van der Waals surface area contributed by atoms with Crippen molar-refractivity contribution in [2.45, 2.75) is 18.9 Å². The van der Waals surface area contributed by atoms with E-state index in [1.165, 1.54) is 12.8 Å². The molecule has 1 atom stereocenters. The Hall–Kier alpha value is -1.59. The summed E-state index contributed by atoms with van der Waals surface area (Å²) in [6.07, 6.45) is 2.45. The summed E-state index contributed by atoms with van der Waals surface area (Å²) in [5.41, 5.74) is 2.02. The first kappa shape index (κ1) is 13.4. The smallest absolute Gasteiger partial charge is 0.243 e. The van der Waals surface area contributed by atoms with E-state index in [2.05, 4.69) is 21.6 Å². The number of morpholine rings is 1. The first-order chi connectivity index (χ1) is 9.84. The Morgan fingerprint density at radius 3 is 2.85 bits per heavy atom. The fourth-order valence-electron chi connectivity index (χ4n) is 2.77. The first-order valence-electron chi connectivity index (χ1n) is 7.30. The number of hydrogen-bond acceptors (Lipinski definition) is 4. The van der Waals surface area contributed by atoms with Gasteiger partial charge >= 0.3 is 0 Å². The molecule has 1 amide bonds. The van der Waals surface area contributed by atoms with E-state index in [4.69, 9.17) is 4.74 Å². The molecule has 20 heavy (non-hydrogen) atoms. The zero-order valence-electron chi connectivity index (χ0n) is 11.6. The third-order valence-electron chi connectivity index (χ3n) is 3.85. The summed E-state index contributed by atoms with van der Waals surface area (Å²) in [4.78, 5) is 14.6. The third kappa shape index (κ3) is 2.94. The van der Waals surface area contributed by atoms with Gasteiger partial charge in [-0.1, -0.05) is 12.1 Å². The Kier molecular flexibility index (Phi) is 4.18. The van der Waals surface area contributed by atoms with Crippen molar-refractivity contribution in [3.05, 3.63) is 24.3 Å². The molecule has 1 unspecified atom stereocenters. The molecule has 1 aromatic carbocycles. The third-order valence-corrected chi connectivity index (χ3v) is 3.85. The molecule has 0 aromatic heterocycles. The SMILES string of the molecule is O=C(Nc1ccccc1N1CCCC1)C1COCCN1. The van der Waals surface area contributed by atoms with Crippen LogP contribution in [0, 0.1) is 0 Å². The molecule has 108 valence electrons. The molecule has 2 N–H and O–H groups in total. The van der Waals surface area contributed by atoms with E-state index in [9.17, 15) is 4.79 Å². The lowest BCUT2D eigenvalue weighted by molar-refractivity contribution is -0.120. The van der Waals surface area contributed by atoms with Gasteiger partial charge < -0.3 is 20.3 Å². The van der Waals surface area contributed by atoms with Crippen molar-refractivity contribution >= 4 is 17.3 Å². The number of nitrogens with zero attached hydrogens (tertiary/aromatic N) is 1. The number of anilines is 2. The summed E-state index contributed by atoms with van der Waals surface area (Å²) >= 11 is 0. The predicted molar refractivity (Wildman–Crippen MR) is 79.1 cm³/mol. The lowest BCUT2D eigenvalue weighted by Gasteiger charge is -2.25. The molecule has 5 nitrogen and oxygen atoms in total. The van der Waals surface area contributed by atoms with Gasteiger partial charge in [0.15, 0.2) is 0 Å². The molecule has 2 heterocycles. The van der Waals surface area contributed by atoms with Crippen molar-refractivity contribution in [1.82, 2.24) is 5.32 Å². The predicted octanol–water partition coefficient (Wildman–Crippen LogP) is 1.21. The van der Waals surface area contributed by atoms with Crippen LogP contribution in [0.2, 0.25) is 0 Å². The van der Waals surface area contributed by atoms with Crippen molar-refractivity contribution in [3.63, 3.8) is 0 Å². The van der Waals surface area contributed by atoms with E-state index in [1.54, 1.807) is 0 Å². The van der Waals surface area contributed by atoms with E-state index >= 15 is 0 Å². The van der Waals surface area contributed by atoms with Gasteiger partial charge in [-0.15, -0.1) is 0 Å². The average Bonchev–Trinajstić information content (AvgIpc) is 3.03. The molecule has 2 aliphatic rings. The fourth-order valence-corrected chi connectivity index (χ4v) is 2.77. The number of benzene rings is 1. The molecule has 2 saturated heterocycles. The molecule has 0 radical (unpaired) electrons. The Balaban J connectivity index is 1.71. The van der Waals surface area contributed by atoms with Crippen LogP contribution in [-0.2, 0) is 9.53 Å². The van der Waals surface area contributed by atoms with E-state index in [0.29, 0.717) is 13.2 Å². The quantitative estimate of drug-likeness (QED) is 0.871. The van der Waals surface area contributed by atoms with Crippen molar-refractivity contribution in [2.75, 3.05) is 43.1 Å². The van der Waals surface area contributed by atoms with Gasteiger partial charge in [0.05, 0.1) is 24.6 Å². The Bertz CT molecular complexity index is 466. The van der Waals surface area contributed by atoms with Crippen molar-refractivity contribution in [3.8, 4) is 0 Å². The number of para-hydroxylation sites is 2. The van der Waals surface area contributed by atoms with Crippen molar-refractivity contribution in [1.29, 1.82) is 0 Å². The molecule has 1 aromatic rings. The summed E-state index contributed by atoms with van der Waals surface area (Å²) in [7, 11) is 0. The van der Waals surface area contributed by atoms with Crippen LogP contribution < -0.4 is 15.5 Å². The van der Waals surface area contributed by atoms with E-state index in [0.717, 1.165) is 31.0 Å². The largest absolute Gasteiger partial charge is 0.378 e. The van der Waals surface area contributed by atoms with Gasteiger partial charge in [-0.3, -0.25) is 4.79 Å². The van der Waals surface area contributed by atoms with Crippen LogP contribution >= 0.6 is 0 Å². The molecule has 2 fully saturated rings. The standard InChI is InChI=1S/C15H21N3O2/c19-15(13-11-20-10-7-16-13)17-12-5-1-2-6-14(12)18-8-3-4-9-18/h1-2,5-6,13,16H,3-4,7-11H2,(H,17,19). The van der Waals surface area contributed by atoms with Gasteiger partial charge in [-0.25, -0.2) is 0 Å². The maximum absolute atomic E-state index is 12.3. The highest BCUT2D eigenvalue weighted by Gasteiger charge is 2.23. The monoisotopic (exact) mass is 275 g/mol. The van der Waals surface area contributed by atoms with Gasteiger partial charge in [0.2, 0.25) is 5.91 Å². The van der Waals surface area contributed by atoms with Crippen LogP contribution in [0.3, 0.4) is 0 Å². The van der Waals surface area contributed by atoms with E-state index < -0.39 is 0 Å². The zero-order chi connectivity index (χ0) is 13.8. The fraction of sp³-hybridized carbons (Fsp3) is 0.533. The minimum absolute atomic E-state index is 0.0173. The van der Waals surface area contributed by atoms with Gasteiger partial charge in [-0.05, 0) is 25.0 Å². The molecule has 0 bridgehead atoms. The number of amides is 1. The maximum Gasteiger partial charge on any atom is 0.243 e. The molecule has 2 aliphatic heterocycles. The van der Waals surface area contributed by atoms with Crippen LogP contribution in [0.4, 0.5) is 11.4 Å². The summed E-state index contributed by atoms with van der Waals surface area (Å²) in [6, 6.07) is 7.77. The van der Waals surface area contributed by atoms with E-state index in [1.807, 2.05) is 18.2 Å². The van der Waals surface area contributed by atoms with Crippen LogP contribution in [0.15, 0.2) is 24.3 Å². The summed E-state index contributed by atoms with van der Waals surface area (Å²) in [5.74, 6) is -0.0173. The van der Waals surface area contributed by atoms with E-state index in [-0.39, 0.29) is 11.9 Å². The van der Waals surface area contributed by atoms with Crippen LogP contribution in [0.25, 0.3) is 0 Å². The summed E-state index contributed by atoms with van der Waals surface area (Å²) in [5, 5.41) is 6.21. The van der Waals surface area contributed by atoms with Crippen molar-refractivity contribution in [2.24, 2.45) is 0 Å². The van der Waals surface area contributed by atoms with Crippen LogP contribution in [0.1, 0.15) is 12.8 Å². The number of nitrogens with one attached hydrogen (secondary N) is 2. The molecular formula is C15H21N3O2. The number of rotatable bonds is 3. The second kappa shape index (κ2) is 6.24. The Labute approximate surface area is 119 Å². The number of carbonyl (C=O) groups is 1. The highest BCUT2D eigenvalue weighted by atomic mass is 16.5. The minimum Gasteiger partial charge on any atom is -0.378 e. The summed E-state index contributed by atoms with van der Waals surface area (Å²) < 4.78 is 5.34. The van der Waals surface area contributed by atoms with Gasteiger partial charge in [0.25, 0.3) is 0 Å². The highest BCUT2D eigenvalue weighted by molar-refractivity contribution is 5.97. The van der Waals surface area contributed by atoms with Gasteiger partial charge in [0, 0.05) is 19.6 Å². The minimum atomic E-state index is -0.254.